The van der Waals surface area contributed by atoms with Crippen LogP contribution < -0.4 is 0 Å². The first-order valence-corrected chi connectivity index (χ1v) is 9.50. The smallest absolute Gasteiger partial charge is 0.141 e. The lowest BCUT2D eigenvalue weighted by molar-refractivity contribution is -0.212. The Morgan fingerprint density at radius 2 is 1.74 bits per heavy atom. The summed E-state index contributed by atoms with van der Waals surface area (Å²) in [5.74, 6) is 0.701. The van der Waals surface area contributed by atoms with Gasteiger partial charge in [0.05, 0.1) is 17.6 Å². The maximum absolute atomic E-state index is 12.5. The molecular weight excluding hydrogens is 288 g/mol. The maximum atomic E-state index is 12.5. The molecule has 0 amide bonds. The molecule has 3 aliphatic carbocycles. The van der Waals surface area contributed by atoms with E-state index in [1.165, 1.54) is 6.42 Å². The summed E-state index contributed by atoms with van der Waals surface area (Å²) in [6.07, 6.45) is 7.33. The Morgan fingerprint density at radius 3 is 2.35 bits per heavy atom. The number of hydrogen-bond acceptors (Lipinski definition) is 3. The molecule has 0 bridgehead atoms. The van der Waals surface area contributed by atoms with Crippen LogP contribution in [0, 0.1) is 28.1 Å². The quantitative estimate of drug-likeness (QED) is 0.815. The van der Waals surface area contributed by atoms with Gasteiger partial charge in [-0.3, -0.25) is 4.79 Å². The summed E-state index contributed by atoms with van der Waals surface area (Å²) < 4.78 is 0. The maximum Gasteiger partial charge on any atom is 0.141 e. The number of Topliss-reactive ketones (excluding diaryl/α,β-unsaturated/α-hetero) is 1. The van der Waals surface area contributed by atoms with E-state index >= 15 is 0 Å². The van der Waals surface area contributed by atoms with Gasteiger partial charge in [-0.05, 0) is 61.2 Å². The molecule has 3 heteroatoms. The van der Waals surface area contributed by atoms with Gasteiger partial charge in [0.25, 0.3) is 0 Å². The third kappa shape index (κ3) is 2.33. The third-order valence-electron chi connectivity index (χ3n) is 8.35. The SMILES string of the molecule is CCC1(C)CCC2C(O)(CCC3C(C)(CO)C(=O)CCC23C)C1. The van der Waals surface area contributed by atoms with Gasteiger partial charge in [0, 0.05) is 6.42 Å². The van der Waals surface area contributed by atoms with Crippen LogP contribution in [0.2, 0.25) is 0 Å². The summed E-state index contributed by atoms with van der Waals surface area (Å²) >= 11 is 0. The highest BCUT2D eigenvalue weighted by atomic mass is 16.3. The van der Waals surface area contributed by atoms with Gasteiger partial charge in [0.15, 0.2) is 0 Å². The molecular formula is C20H34O3. The Labute approximate surface area is 140 Å². The second-order valence-electron chi connectivity index (χ2n) is 9.63. The van der Waals surface area contributed by atoms with Crippen LogP contribution in [0.4, 0.5) is 0 Å². The van der Waals surface area contributed by atoms with E-state index in [9.17, 15) is 15.0 Å². The van der Waals surface area contributed by atoms with E-state index in [1.807, 2.05) is 6.92 Å². The van der Waals surface area contributed by atoms with Crippen LogP contribution >= 0.6 is 0 Å². The van der Waals surface area contributed by atoms with Crippen molar-refractivity contribution in [2.75, 3.05) is 6.61 Å². The molecule has 0 spiro atoms. The van der Waals surface area contributed by atoms with Crippen LogP contribution in [0.25, 0.3) is 0 Å². The van der Waals surface area contributed by atoms with Crippen molar-refractivity contribution in [2.24, 2.45) is 28.1 Å². The molecule has 6 unspecified atom stereocenters. The van der Waals surface area contributed by atoms with Crippen LogP contribution in [0.15, 0.2) is 0 Å². The normalized spacial score (nSPS) is 53.6. The minimum atomic E-state index is -0.611. The van der Waals surface area contributed by atoms with E-state index in [1.54, 1.807) is 0 Å². The van der Waals surface area contributed by atoms with Crippen molar-refractivity contribution in [3.63, 3.8) is 0 Å². The number of carbonyl (C=O) groups excluding carboxylic acids is 1. The monoisotopic (exact) mass is 322 g/mol. The van der Waals surface area contributed by atoms with Crippen molar-refractivity contribution in [3.8, 4) is 0 Å². The van der Waals surface area contributed by atoms with Crippen LogP contribution in [-0.2, 0) is 4.79 Å². The lowest BCUT2D eigenvalue weighted by Gasteiger charge is -2.64. The standard InChI is InChI=1S/C20H34O3/c1-5-17(2)9-6-15-18(3)10-8-16(22)19(4,13-21)14(18)7-11-20(15,23)12-17/h14-15,21,23H,5-13H2,1-4H3. The van der Waals surface area contributed by atoms with Gasteiger partial charge in [-0.15, -0.1) is 0 Å². The Morgan fingerprint density at radius 1 is 1.09 bits per heavy atom. The van der Waals surface area contributed by atoms with Gasteiger partial charge >= 0.3 is 0 Å². The molecule has 2 N–H and O–H groups in total. The number of hydrogen-bond donors (Lipinski definition) is 2. The number of ketones is 1. The number of aliphatic hydroxyl groups excluding tert-OH is 1. The molecule has 3 fully saturated rings. The highest BCUT2D eigenvalue weighted by molar-refractivity contribution is 5.86. The predicted molar refractivity (Wildman–Crippen MR) is 91.0 cm³/mol. The molecule has 0 aromatic carbocycles. The van der Waals surface area contributed by atoms with Crippen LogP contribution in [0.5, 0.6) is 0 Å². The second-order valence-corrected chi connectivity index (χ2v) is 9.63. The molecule has 0 aliphatic heterocycles. The van der Waals surface area contributed by atoms with Gasteiger partial charge in [-0.2, -0.15) is 0 Å². The molecule has 0 heterocycles. The van der Waals surface area contributed by atoms with Crippen molar-refractivity contribution in [1.82, 2.24) is 0 Å². The van der Waals surface area contributed by atoms with E-state index in [2.05, 4.69) is 20.8 Å². The molecule has 0 saturated heterocycles. The molecule has 3 saturated carbocycles. The van der Waals surface area contributed by atoms with Gasteiger partial charge in [-0.1, -0.05) is 34.1 Å². The topological polar surface area (TPSA) is 57.5 Å². The Bertz CT molecular complexity index is 503. The zero-order chi connectivity index (χ0) is 17.1. The zero-order valence-corrected chi connectivity index (χ0v) is 15.3. The molecule has 0 radical (unpaired) electrons. The van der Waals surface area contributed by atoms with E-state index in [-0.39, 0.29) is 35.1 Å². The van der Waals surface area contributed by atoms with E-state index < -0.39 is 11.0 Å². The largest absolute Gasteiger partial charge is 0.395 e. The average molecular weight is 322 g/mol. The first-order chi connectivity index (χ1) is 10.6. The van der Waals surface area contributed by atoms with Crippen molar-refractivity contribution in [1.29, 1.82) is 0 Å². The molecule has 0 aromatic heterocycles. The fourth-order valence-corrected chi connectivity index (χ4v) is 6.64. The minimum Gasteiger partial charge on any atom is -0.395 e. The summed E-state index contributed by atoms with van der Waals surface area (Å²) in [5, 5.41) is 21.5. The van der Waals surface area contributed by atoms with E-state index in [0.717, 1.165) is 38.5 Å². The number of rotatable bonds is 2. The van der Waals surface area contributed by atoms with Crippen LogP contribution in [0.3, 0.4) is 0 Å². The molecule has 0 aromatic rings. The number of aliphatic hydroxyl groups is 2. The van der Waals surface area contributed by atoms with Gasteiger partial charge in [0.1, 0.15) is 5.78 Å². The van der Waals surface area contributed by atoms with Crippen molar-refractivity contribution in [3.05, 3.63) is 0 Å². The van der Waals surface area contributed by atoms with Gasteiger partial charge in [0.2, 0.25) is 0 Å². The summed E-state index contributed by atoms with van der Waals surface area (Å²) in [7, 11) is 0. The minimum absolute atomic E-state index is 0.0204. The first-order valence-electron chi connectivity index (χ1n) is 9.50. The highest BCUT2D eigenvalue weighted by Gasteiger charge is 2.64. The fourth-order valence-electron chi connectivity index (χ4n) is 6.64. The summed E-state index contributed by atoms with van der Waals surface area (Å²) in [6, 6.07) is 0. The predicted octanol–water partition coefficient (Wildman–Crippen LogP) is 3.71. The van der Waals surface area contributed by atoms with E-state index in [4.69, 9.17) is 0 Å². The highest BCUT2D eigenvalue weighted by Crippen LogP contribution is 2.65. The van der Waals surface area contributed by atoms with Gasteiger partial charge < -0.3 is 10.2 Å². The lowest BCUT2D eigenvalue weighted by atomic mass is 9.41. The van der Waals surface area contributed by atoms with Crippen molar-refractivity contribution >= 4 is 5.78 Å². The molecule has 3 nitrogen and oxygen atoms in total. The zero-order valence-electron chi connectivity index (χ0n) is 15.3. The third-order valence-corrected chi connectivity index (χ3v) is 8.35. The Kier molecular flexibility index (Phi) is 4.01. The first kappa shape index (κ1) is 17.4. The number of fused-ring (bicyclic) bond motifs is 3. The Hall–Kier alpha value is -0.410. The summed E-state index contributed by atoms with van der Waals surface area (Å²) in [5.41, 5.74) is -0.961. The van der Waals surface area contributed by atoms with Crippen molar-refractivity contribution in [2.45, 2.75) is 84.7 Å². The van der Waals surface area contributed by atoms with Crippen LogP contribution in [-0.4, -0.2) is 28.2 Å². The molecule has 3 rings (SSSR count). The Balaban J connectivity index is 1.96. The van der Waals surface area contributed by atoms with Crippen LogP contribution in [0.1, 0.15) is 79.1 Å². The molecule has 3 aliphatic rings. The summed E-state index contributed by atoms with van der Waals surface area (Å²) in [6.45, 7) is 8.75. The summed E-state index contributed by atoms with van der Waals surface area (Å²) in [4.78, 5) is 12.5. The molecule has 23 heavy (non-hydrogen) atoms. The van der Waals surface area contributed by atoms with Crippen molar-refractivity contribution < 1.29 is 15.0 Å². The molecule has 132 valence electrons. The second kappa shape index (κ2) is 5.29. The molecule has 6 atom stereocenters. The lowest BCUT2D eigenvalue weighted by Crippen LogP contribution is -2.64. The van der Waals surface area contributed by atoms with Gasteiger partial charge in [-0.25, -0.2) is 0 Å². The van der Waals surface area contributed by atoms with E-state index in [0.29, 0.717) is 6.42 Å². The fraction of sp³-hybridized carbons (Fsp3) is 0.950. The average Bonchev–Trinajstić information content (AvgIpc) is 2.50. The number of carbonyl (C=O) groups is 1.